The number of hydrogen-bond donors (Lipinski definition) is 2. The van der Waals surface area contributed by atoms with Crippen molar-refractivity contribution in [1.82, 2.24) is 4.90 Å². The molecule has 2 amide bonds. The Morgan fingerprint density at radius 3 is 2.28 bits per heavy atom. The highest BCUT2D eigenvalue weighted by Crippen LogP contribution is 2.15. The van der Waals surface area contributed by atoms with Crippen LogP contribution in [0.1, 0.15) is 12.5 Å². The summed E-state index contributed by atoms with van der Waals surface area (Å²) in [5.74, 6) is 0.572. The second-order valence-electron chi connectivity index (χ2n) is 5.83. The van der Waals surface area contributed by atoms with E-state index in [4.69, 9.17) is 4.74 Å². The first-order valence-corrected chi connectivity index (χ1v) is 7.95. The zero-order valence-electron chi connectivity index (χ0n) is 14.7. The summed E-state index contributed by atoms with van der Waals surface area (Å²) in [6, 6.07) is 14.8. The van der Waals surface area contributed by atoms with E-state index in [1.807, 2.05) is 36.2 Å². The summed E-state index contributed by atoms with van der Waals surface area (Å²) < 4.78 is 5.21. The van der Waals surface area contributed by atoms with Crippen LogP contribution in [0.5, 0.6) is 5.75 Å². The second-order valence-corrected chi connectivity index (χ2v) is 5.83. The van der Waals surface area contributed by atoms with Gasteiger partial charge in [-0.15, -0.1) is 0 Å². The molecule has 2 rings (SSSR count). The van der Waals surface area contributed by atoms with Gasteiger partial charge in [-0.2, -0.15) is 0 Å². The van der Waals surface area contributed by atoms with E-state index < -0.39 is 0 Å². The number of anilines is 2. The van der Waals surface area contributed by atoms with Crippen molar-refractivity contribution in [3.8, 4) is 5.75 Å². The van der Waals surface area contributed by atoms with E-state index in [0.29, 0.717) is 17.9 Å². The average molecular weight is 341 g/mol. The molecule has 0 atom stereocenters. The molecular weight excluding hydrogens is 318 g/mol. The first kappa shape index (κ1) is 18.5. The van der Waals surface area contributed by atoms with Gasteiger partial charge in [-0.25, -0.2) is 0 Å². The number of ether oxygens (including phenoxy) is 1. The summed E-state index contributed by atoms with van der Waals surface area (Å²) in [6.45, 7) is 2.37. The van der Waals surface area contributed by atoms with Crippen LogP contribution in [0.3, 0.4) is 0 Å². The molecule has 0 unspecified atom stereocenters. The van der Waals surface area contributed by atoms with Crippen LogP contribution in [-0.2, 0) is 16.1 Å². The smallest absolute Gasteiger partial charge is 0.238 e. The van der Waals surface area contributed by atoms with Crippen LogP contribution >= 0.6 is 0 Å². The number of rotatable bonds is 7. The standard InChI is InChI=1S/C19H23N3O3/c1-14(23)20-16-7-9-17(10-8-16)21-19(24)13-22(2)12-15-5-4-6-18(11-15)25-3/h4-11H,12-13H2,1-3H3,(H,20,23)(H,21,24). The molecule has 0 heterocycles. The first-order chi connectivity index (χ1) is 12.0. The summed E-state index contributed by atoms with van der Waals surface area (Å²) in [6.07, 6.45) is 0. The van der Waals surface area contributed by atoms with E-state index in [2.05, 4.69) is 10.6 Å². The molecule has 0 aliphatic heterocycles. The van der Waals surface area contributed by atoms with Gasteiger partial charge in [0, 0.05) is 24.8 Å². The Balaban J connectivity index is 1.85. The van der Waals surface area contributed by atoms with Gasteiger partial charge in [0.15, 0.2) is 0 Å². The summed E-state index contributed by atoms with van der Waals surface area (Å²) in [5.41, 5.74) is 2.46. The molecule has 0 aliphatic rings. The Labute approximate surface area is 147 Å². The van der Waals surface area contributed by atoms with E-state index in [1.165, 1.54) is 6.92 Å². The second kappa shape index (κ2) is 8.84. The molecule has 2 aromatic rings. The predicted octanol–water partition coefficient (Wildman–Crippen LogP) is 2.72. The maximum Gasteiger partial charge on any atom is 0.238 e. The van der Waals surface area contributed by atoms with Gasteiger partial charge >= 0.3 is 0 Å². The van der Waals surface area contributed by atoms with Gasteiger partial charge in [0.2, 0.25) is 11.8 Å². The molecule has 0 aliphatic carbocycles. The number of likely N-dealkylation sites (N-methyl/N-ethyl adjacent to an activating group) is 1. The van der Waals surface area contributed by atoms with Gasteiger partial charge in [-0.1, -0.05) is 12.1 Å². The Bertz CT molecular complexity index is 729. The van der Waals surface area contributed by atoms with Crippen molar-refractivity contribution >= 4 is 23.2 Å². The van der Waals surface area contributed by atoms with E-state index in [9.17, 15) is 9.59 Å². The van der Waals surface area contributed by atoms with Crippen molar-refractivity contribution in [3.63, 3.8) is 0 Å². The summed E-state index contributed by atoms with van der Waals surface area (Å²) in [5, 5.41) is 5.53. The van der Waals surface area contributed by atoms with Gasteiger partial charge < -0.3 is 15.4 Å². The lowest BCUT2D eigenvalue weighted by Gasteiger charge is -2.17. The van der Waals surface area contributed by atoms with E-state index >= 15 is 0 Å². The molecule has 0 saturated heterocycles. The van der Waals surface area contributed by atoms with Gasteiger partial charge in [-0.05, 0) is 49.0 Å². The fraction of sp³-hybridized carbons (Fsp3) is 0.263. The SMILES string of the molecule is COc1cccc(CN(C)CC(=O)Nc2ccc(NC(C)=O)cc2)c1. The molecule has 0 aromatic heterocycles. The number of hydrogen-bond acceptors (Lipinski definition) is 4. The summed E-state index contributed by atoms with van der Waals surface area (Å²) in [4.78, 5) is 25.1. The Kier molecular flexibility index (Phi) is 6.54. The fourth-order valence-electron chi connectivity index (χ4n) is 2.42. The highest BCUT2D eigenvalue weighted by Gasteiger charge is 2.08. The molecule has 0 bridgehead atoms. The third-order valence-corrected chi connectivity index (χ3v) is 3.49. The van der Waals surface area contributed by atoms with E-state index in [0.717, 1.165) is 11.3 Å². The van der Waals surface area contributed by atoms with E-state index in [1.54, 1.807) is 31.4 Å². The van der Waals surface area contributed by atoms with Crippen LogP contribution in [0.2, 0.25) is 0 Å². The molecule has 2 N–H and O–H groups in total. The van der Waals surface area contributed by atoms with Crippen molar-refractivity contribution in [2.75, 3.05) is 31.3 Å². The Morgan fingerprint density at radius 2 is 1.68 bits per heavy atom. The predicted molar refractivity (Wildman–Crippen MR) is 98.7 cm³/mol. The van der Waals surface area contributed by atoms with Gasteiger partial charge in [0.05, 0.1) is 13.7 Å². The third kappa shape index (κ3) is 6.27. The number of methoxy groups -OCH3 is 1. The minimum Gasteiger partial charge on any atom is -0.497 e. The van der Waals surface area contributed by atoms with E-state index in [-0.39, 0.29) is 18.4 Å². The highest BCUT2D eigenvalue weighted by atomic mass is 16.5. The molecule has 0 radical (unpaired) electrons. The zero-order chi connectivity index (χ0) is 18.2. The maximum absolute atomic E-state index is 12.2. The highest BCUT2D eigenvalue weighted by molar-refractivity contribution is 5.93. The Hall–Kier alpha value is -2.86. The van der Waals surface area contributed by atoms with Crippen LogP contribution in [0.25, 0.3) is 0 Å². The lowest BCUT2D eigenvalue weighted by atomic mass is 10.2. The number of benzene rings is 2. The summed E-state index contributed by atoms with van der Waals surface area (Å²) in [7, 11) is 3.52. The maximum atomic E-state index is 12.2. The van der Waals surface area contributed by atoms with Crippen LogP contribution in [0.4, 0.5) is 11.4 Å². The molecule has 6 heteroatoms. The Morgan fingerprint density at radius 1 is 1.04 bits per heavy atom. The molecule has 6 nitrogen and oxygen atoms in total. The molecule has 0 spiro atoms. The zero-order valence-corrected chi connectivity index (χ0v) is 14.7. The van der Waals surface area contributed by atoms with Gasteiger partial charge in [-0.3, -0.25) is 14.5 Å². The van der Waals surface area contributed by atoms with Crippen molar-refractivity contribution in [2.45, 2.75) is 13.5 Å². The van der Waals surface area contributed by atoms with Crippen molar-refractivity contribution in [2.24, 2.45) is 0 Å². The molecule has 25 heavy (non-hydrogen) atoms. The van der Waals surface area contributed by atoms with Gasteiger partial charge in [0.25, 0.3) is 0 Å². The number of amides is 2. The van der Waals surface area contributed by atoms with Gasteiger partial charge in [0.1, 0.15) is 5.75 Å². The van der Waals surface area contributed by atoms with Crippen LogP contribution < -0.4 is 15.4 Å². The topological polar surface area (TPSA) is 70.7 Å². The minimum atomic E-state index is -0.129. The number of carbonyl (C=O) groups is 2. The fourth-order valence-corrected chi connectivity index (χ4v) is 2.42. The number of carbonyl (C=O) groups excluding carboxylic acids is 2. The third-order valence-electron chi connectivity index (χ3n) is 3.49. The largest absolute Gasteiger partial charge is 0.497 e. The number of nitrogens with one attached hydrogen (secondary N) is 2. The summed E-state index contributed by atoms with van der Waals surface area (Å²) >= 11 is 0. The van der Waals surface area contributed by atoms with Crippen molar-refractivity contribution in [1.29, 1.82) is 0 Å². The minimum absolute atomic E-state index is 0.0994. The molecule has 132 valence electrons. The molecule has 0 fully saturated rings. The molecule has 0 saturated carbocycles. The molecular formula is C19H23N3O3. The monoisotopic (exact) mass is 341 g/mol. The number of nitrogens with zero attached hydrogens (tertiary/aromatic N) is 1. The van der Waals surface area contributed by atoms with Crippen LogP contribution in [-0.4, -0.2) is 37.4 Å². The first-order valence-electron chi connectivity index (χ1n) is 7.95. The quantitative estimate of drug-likeness (QED) is 0.812. The lowest BCUT2D eigenvalue weighted by molar-refractivity contribution is -0.117. The molecule has 2 aromatic carbocycles. The van der Waals surface area contributed by atoms with Crippen molar-refractivity contribution in [3.05, 3.63) is 54.1 Å². The lowest BCUT2D eigenvalue weighted by Crippen LogP contribution is -2.29. The van der Waals surface area contributed by atoms with Crippen LogP contribution in [0.15, 0.2) is 48.5 Å². The van der Waals surface area contributed by atoms with Crippen molar-refractivity contribution < 1.29 is 14.3 Å². The average Bonchev–Trinajstić information content (AvgIpc) is 2.56. The van der Waals surface area contributed by atoms with Crippen LogP contribution in [0, 0.1) is 0 Å². The normalized spacial score (nSPS) is 10.4.